The van der Waals surface area contributed by atoms with Crippen molar-refractivity contribution < 1.29 is 13.4 Å². The molecular weight excluding hydrogens is 289 g/mol. The Bertz CT molecular complexity index is 770. The normalized spacial score (nSPS) is 12.5. The Balaban J connectivity index is 1.67. The highest BCUT2D eigenvalue weighted by molar-refractivity contribution is 5.53. The lowest BCUT2D eigenvalue weighted by atomic mass is 10.2. The van der Waals surface area contributed by atoms with Crippen molar-refractivity contribution in [3.63, 3.8) is 0 Å². The highest BCUT2D eigenvalue weighted by Gasteiger charge is 2.16. The van der Waals surface area contributed by atoms with E-state index in [2.05, 4.69) is 25.6 Å². The highest BCUT2D eigenvalue weighted by atomic mass is 19.1. The van der Waals surface area contributed by atoms with Crippen molar-refractivity contribution in [1.29, 1.82) is 0 Å². The molecular formula is C14H14FN5O2. The third-order valence-corrected chi connectivity index (χ3v) is 3.03. The number of nitrogens with one attached hydrogen (secondary N) is 1. The smallest absolute Gasteiger partial charge is 0.243 e. The topological polar surface area (TPSA) is 89.9 Å². The maximum Gasteiger partial charge on any atom is 0.243 e. The maximum absolute atomic E-state index is 13.2. The van der Waals surface area contributed by atoms with Gasteiger partial charge >= 0.3 is 0 Å². The summed E-state index contributed by atoms with van der Waals surface area (Å²) in [6.45, 7) is 4.01. The molecule has 22 heavy (non-hydrogen) atoms. The first-order chi connectivity index (χ1) is 10.6. The quantitative estimate of drug-likeness (QED) is 0.774. The average molecular weight is 303 g/mol. The molecule has 0 fully saturated rings. The van der Waals surface area contributed by atoms with Gasteiger partial charge in [0.25, 0.3) is 0 Å². The zero-order chi connectivity index (χ0) is 15.5. The van der Waals surface area contributed by atoms with Crippen molar-refractivity contribution >= 4 is 0 Å². The van der Waals surface area contributed by atoms with Gasteiger partial charge in [-0.05, 0) is 19.1 Å². The van der Waals surface area contributed by atoms with Crippen LogP contribution in [0.25, 0.3) is 11.4 Å². The molecule has 0 spiro atoms. The Hall–Kier alpha value is -2.61. The summed E-state index contributed by atoms with van der Waals surface area (Å²) in [5.74, 6) is 1.46. The van der Waals surface area contributed by atoms with Crippen LogP contribution in [0.2, 0.25) is 0 Å². The summed E-state index contributed by atoms with van der Waals surface area (Å²) in [4.78, 5) is 8.36. The van der Waals surface area contributed by atoms with E-state index in [-0.39, 0.29) is 11.9 Å². The van der Waals surface area contributed by atoms with Crippen molar-refractivity contribution in [3.8, 4) is 11.4 Å². The molecule has 1 atom stereocenters. The SMILES string of the molecule is Cc1nc(CN[C@H](C)c2nc(-c3cccc(F)c3)no2)no1. The number of hydrogen-bond donors (Lipinski definition) is 1. The summed E-state index contributed by atoms with van der Waals surface area (Å²) in [5.41, 5.74) is 0.566. The summed E-state index contributed by atoms with van der Waals surface area (Å²) >= 11 is 0. The Morgan fingerprint density at radius 3 is 2.82 bits per heavy atom. The van der Waals surface area contributed by atoms with Crippen LogP contribution in [-0.2, 0) is 6.54 Å². The number of hydrogen-bond acceptors (Lipinski definition) is 7. The van der Waals surface area contributed by atoms with Gasteiger partial charge in [0, 0.05) is 12.5 Å². The van der Waals surface area contributed by atoms with E-state index in [1.165, 1.54) is 12.1 Å². The molecule has 0 saturated heterocycles. The van der Waals surface area contributed by atoms with Gasteiger partial charge in [-0.3, -0.25) is 5.32 Å². The van der Waals surface area contributed by atoms with Gasteiger partial charge in [0.05, 0.1) is 12.6 Å². The zero-order valence-electron chi connectivity index (χ0n) is 12.1. The van der Waals surface area contributed by atoms with Crippen LogP contribution in [-0.4, -0.2) is 20.3 Å². The first-order valence-electron chi connectivity index (χ1n) is 6.74. The Labute approximate surface area is 125 Å². The lowest BCUT2D eigenvalue weighted by Gasteiger charge is -2.06. The fourth-order valence-electron chi connectivity index (χ4n) is 1.90. The minimum atomic E-state index is -0.345. The van der Waals surface area contributed by atoms with E-state index in [0.717, 1.165) is 0 Å². The van der Waals surface area contributed by atoms with Crippen LogP contribution < -0.4 is 5.32 Å². The summed E-state index contributed by atoms with van der Waals surface area (Å²) in [6.07, 6.45) is 0. The molecule has 1 N–H and O–H groups in total. The molecule has 0 amide bonds. The number of halogens is 1. The third kappa shape index (κ3) is 3.17. The van der Waals surface area contributed by atoms with Crippen LogP contribution >= 0.6 is 0 Å². The average Bonchev–Trinajstić information content (AvgIpc) is 3.14. The molecule has 8 heteroatoms. The van der Waals surface area contributed by atoms with Gasteiger partial charge < -0.3 is 9.05 Å². The first kappa shape index (κ1) is 14.3. The van der Waals surface area contributed by atoms with Gasteiger partial charge in [0.2, 0.25) is 17.6 Å². The van der Waals surface area contributed by atoms with Crippen LogP contribution in [0, 0.1) is 12.7 Å². The standard InChI is InChI=1S/C14H14FN5O2/c1-8(16-7-12-17-9(2)21-19-12)14-18-13(20-22-14)10-4-3-5-11(15)6-10/h3-6,8,16H,7H2,1-2H3/t8-/m1/s1. The van der Waals surface area contributed by atoms with E-state index < -0.39 is 0 Å². The van der Waals surface area contributed by atoms with Crippen LogP contribution in [0.1, 0.15) is 30.6 Å². The van der Waals surface area contributed by atoms with E-state index in [1.807, 2.05) is 6.92 Å². The minimum absolute atomic E-state index is 0.200. The van der Waals surface area contributed by atoms with E-state index in [4.69, 9.17) is 9.05 Å². The summed E-state index contributed by atoms with van der Waals surface area (Å²) in [7, 11) is 0. The molecule has 3 aromatic rings. The second-order valence-electron chi connectivity index (χ2n) is 4.80. The Kier molecular flexibility index (Phi) is 3.92. The zero-order valence-corrected chi connectivity index (χ0v) is 12.1. The molecule has 0 aliphatic rings. The molecule has 3 rings (SSSR count). The van der Waals surface area contributed by atoms with Crippen molar-refractivity contribution in [2.24, 2.45) is 0 Å². The molecule has 0 aliphatic carbocycles. The Morgan fingerprint density at radius 1 is 1.23 bits per heavy atom. The van der Waals surface area contributed by atoms with Crippen molar-refractivity contribution in [2.45, 2.75) is 26.4 Å². The number of rotatable bonds is 5. The van der Waals surface area contributed by atoms with Crippen LogP contribution in [0.5, 0.6) is 0 Å². The number of benzene rings is 1. The van der Waals surface area contributed by atoms with Gasteiger partial charge in [0.1, 0.15) is 5.82 Å². The maximum atomic E-state index is 13.2. The lowest BCUT2D eigenvalue weighted by Crippen LogP contribution is -2.19. The van der Waals surface area contributed by atoms with Gasteiger partial charge in [-0.2, -0.15) is 9.97 Å². The van der Waals surface area contributed by atoms with Crippen molar-refractivity contribution in [2.75, 3.05) is 0 Å². The molecule has 0 radical (unpaired) electrons. The second-order valence-corrected chi connectivity index (χ2v) is 4.80. The monoisotopic (exact) mass is 303 g/mol. The second kappa shape index (κ2) is 6.02. The van der Waals surface area contributed by atoms with Gasteiger partial charge in [-0.15, -0.1) is 0 Å². The number of aryl methyl sites for hydroxylation is 1. The summed E-state index contributed by atoms with van der Waals surface area (Å²) in [6, 6.07) is 5.84. The number of aromatic nitrogens is 4. The molecule has 2 heterocycles. The molecule has 114 valence electrons. The van der Waals surface area contributed by atoms with Gasteiger partial charge in [0.15, 0.2) is 5.82 Å². The predicted octanol–water partition coefficient (Wildman–Crippen LogP) is 2.42. The summed E-state index contributed by atoms with van der Waals surface area (Å²) in [5, 5.41) is 10.8. The van der Waals surface area contributed by atoms with Crippen LogP contribution in [0.15, 0.2) is 33.3 Å². The molecule has 7 nitrogen and oxygen atoms in total. The fraction of sp³-hybridized carbons (Fsp3) is 0.286. The molecule has 0 saturated carbocycles. The number of nitrogens with zero attached hydrogens (tertiary/aromatic N) is 4. The minimum Gasteiger partial charge on any atom is -0.340 e. The van der Waals surface area contributed by atoms with Crippen molar-refractivity contribution in [1.82, 2.24) is 25.6 Å². The lowest BCUT2D eigenvalue weighted by molar-refractivity contribution is 0.335. The highest BCUT2D eigenvalue weighted by Crippen LogP contribution is 2.19. The van der Waals surface area contributed by atoms with Crippen LogP contribution in [0.4, 0.5) is 4.39 Å². The van der Waals surface area contributed by atoms with E-state index >= 15 is 0 Å². The molecule has 0 aliphatic heterocycles. The van der Waals surface area contributed by atoms with E-state index in [9.17, 15) is 4.39 Å². The first-order valence-corrected chi connectivity index (χ1v) is 6.74. The molecule has 0 unspecified atom stereocenters. The molecule has 2 aromatic heterocycles. The Morgan fingerprint density at radius 2 is 2.09 bits per heavy atom. The van der Waals surface area contributed by atoms with Crippen LogP contribution in [0.3, 0.4) is 0 Å². The molecule has 0 bridgehead atoms. The van der Waals surface area contributed by atoms with E-state index in [0.29, 0.717) is 35.5 Å². The van der Waals surface area contributed by atoms with Gasteiger partial charge in [-0.25, -0.2) is 4.39 Å². The summed E-state index contributed by atoms with van der Waals surface area (Å²) < 4.78 is 23.3. The fourth-order valence-corrected chi connectivity index (χ4v) is 1.90. The predicted molar refractivity (Wildman–Crippen MR) is 74.0 cm³/mol. The van der Waals surface area contributed by atoms with Gasteiger partial charge in [-0.1, -0.05) is 22.4 Å². The molecule has 1 aromatic carbocycles. The van der Waals surface area contributed by atoms with E-state index in [1.54, 1.807) is 19.1 Å². The van der Waals surface area contributed by atoms with Crippen molar-refractivity contribution in [3.05, 3.63) is 47.7 Å². The largest absolute Gasteiger partial charge is 0.340 e. The third-order valence-electron chi connectivity index (χ3n) is 3.03.